The molecule has 0 radical (unpaired) electrons. The lowest BCUT2D eigenvalue weighted by Crippen LogP contribution is -2.33. The quantitative estimate of drug-likeness (QED) is 0.888. The van der Waals surface area contributed by atoms with Gasteiger partial charge in [-0.2, -0.15) is 4.98 Å². The maximum absolute atomic E-state index is 11.2. The smallest absolute Gasteiger partial charge is 0.229 e. The number of piperidine rings is 1. The fourth-order valence-electron chi connectivity index (χ4n) is 3.01. The van der Waals surface area contributed by atoms with Crippen molar-refractivity contribution in [2.75, 3.05) is 28.6 Å². The molecule has 6 nitrogen and oxygen atoms in total. The van der Waals surface area contributed by atoms with Crippen molar-refractivity contribution >= 4 is 29.0 Å². The maximum Gasteiger partial charge on any atom is 0.229 e. The van der Waals surface area contributed by atoms with Gasteiger partial charge in [0.15, 0.2) is 0 Å². The number of benzene rings is 1. The highest BCUT2D eigenvalue weighted by atomic mass is 16.1. The number of hydrogen-bond donors (Lipinski definition) is 2. The molecule has 0 saturated carbocycles. The van der Waals surface area contributed by atoms with Gasteiger partial charge >= 0.3 is 0 Å². The number of amides is 1. The highest BCUT2D eigenvalue weighted by molar-refractivity contribution is 5.89. The van der Waals surface area contributed by atoms with Gasteiger partial charge in [0.05, 0.1) is 0 Å². The van der Waals surface area contributed by atoms with Crippen molar-refractivity contribution in [2.24, 2.45) is 5.92 Å². The molecule has 1 fully saturated rings. The van der Waals surface area contributed by atoms with Gasteiger partial charge in [0.2, 0.25) is 11.9 Å². The van der Waals surface area contributed by atoms with Gasteiger partial charge in [0.25, 0.3) is 0 Å². The van der Waals surface area contributed by atoms with Gasteiger partial charge in [-0.05, 0) is 43.9 Å². The molecule has 25 heavy (non-hydrogen) atoms. The van der Waals surface area contributed by atoms with Crippen molar-refractivity contribution < 1.29 is 4.79 Å². The van der Waals surface area contributed by atoms with E-state index in [1.54, 1.807) is 0 Å². The van der Waals surface area contributed by atoms with Gasteiger partial charge in [-0.3, -0.25) is 4.79 Å². The van der Waals surface area contributed by atoms with E-state index < -0.39 is 0 Å². The standard InChI is InChI=1S/C19H25N5O/c1-13-7-9-24(10-8-13)18-11-14(2)20-19(23-18)22-17-6-4-5-16(12-17)21-15(3)25/h4-6,11-13H,7-10H2,1-3H3,(H,21,25)(H,20,22,23). The van der Waals surface area contributed by atoms with Gasteiger partial charge in [-0.15, -0.1) is 0 Å². The minimum atomic E-state index is -0.0921. The molecule has 0 spiro atoms. The summed E-state index contributed by atoms with van der Waals surface area (Å²) in [4.78, 5) is 22.7. The third-order valence-corrected chi connectivity index (χ3v) is 4.39. The Morgan fingerprint density at radius 2 is 1.88 bits per heavy atom. The molecule has 3 rings (SSSR count). The molecule has 1 aromatic heterocycles. The first kappa shape index (κ1) is 17.2. The van der Waals surface area contributed by atoms with Crippen molar-refractivity contribution in [3.05, 3.63) is 36.0 Å². The van der Waals surface area contributed by atoms with Crippen LogP contribution < -0.4 is 15.5 Å². The summed E-state index contributed by atoms with van der Waals surface area (Å²) in [5, 5.41) is 6.03. The van der Waals surface area contributed by atoms with E-state index in [0.29, 0.717) is 5.95 Å². The Morgan fingerprint density at radius 3 is 2.60 bits per heavy atom. The summed E-state index contributed by atoms with van der Waals surface area (Å²) >= 11 is 0. The average molecular weight is 339 g/mol. The van der Waals surface area contributed by atoms with Crippen LogP contribution in [0.3, 0.4) is 0 Å². The van der Waals surface area contributed by atoms with Crippen LogP contribution >= 0.6 is 0 Å². The van der Waals surface area contributed by atoms with Crippen molar-refractivity contribution in [3.63, 3.8) is 0 Å². The van der Waals surface area contributed by atoms with Crippen LogP contribution in [0.25, 0.3) is 0 Å². The number of anilines is 4. The lowest BCUT2D eigenvalue weighted by atomic mass is 9.99. The van der Waals surface area contributed by atoms with Crippen molar-refractivity contribution in [1.82, 2.24) is 9.97 Å². The first-order chi connectivity index (χ1) is 12.0. The third kappa shape index (κ3) is 4.68. The fraction of sp³-hybridized carbons (Fsp3) is 0.421. The van der Waals surface area contributed by atoms with Crippen LogP contribution in [-0.4, -0.2) is 29.0 Å². The molecule has 0 atom stereocenters. The molecule has 2 heterocycles. The van der Waals surface area contributed by atoms with E-state index in [0.717, 1.165) is 41.9 Å². The summed E-state index contributed by atoms with van der Waals surface area (Å²) in [6, 6.07) is 9.57. The third-order valence-electron chi connectivity index (χ3n) is 4.39. The van der Waals surface area contributed by atoms with E-state index in [4.69, 9.17) is 0 Å². The van der Waals surface area contributed by atoms with Gasteiger partial charge < -0.3 is 15.5 Å². The SMILES string of the molecule is CC(=O)Nc1cccc(Nc2nc(C)cc(N3CCC(C)CC3)n2)c1. The monoisotopic (exact) mass is 339 g/mol. The Kier molecular flexibility index (Phi) is 5.16. The van der Waals surface area contributed by atoms with E-state index in [1.165, 1.54) is 19.8 Å². The summed E-state index contributed by atoms with van der Waals surface area (Å²) in [5.41, 5.74) is 2.52. The van der Waals surface area contributed by atoms with Crippen LogP contribution in [0.5, 0.6) is 0 Å². The van der Waals surface area contributed by atoms with Crippen molar-refractivity contribution in [1.29, 1.82) is 0 Å². The van der Waals surface area contributed by atoms with Gasteiger partial charge in [-0.1, -0.05) is 13.0 Å². The largest absolute Gasteiger partial charge is 0.356 e. The van der Waals surface area contributed by atoms with E-state index in [2.05, 4.69) is 32.4 Å². The Balaban J connectivity index is 1.77. The van der Waals surface area contributed by atoms with E-state index in [-0.39, 0.29) is 5.91 Å². The van der Waals surface area contributed by atoms with E-state index in [1.807, 2.05) is 37.3 Å². The molecule has 2 N–H and O–H groups in total. The van der Waals surface area contributed by atoms with Crippen LogP contribution in [0.1, 0.15) is 32.4 Å². The molecule has 1 amide bonds. The van der Waals surface area contributed by atoms with Crippen LogP contribution in [0, 0.1) is 12.8 Å². The van der Waals surface area contributed by atoms with E-state index in [9.17, 15) is 4.79 Å². The molecule has 0 bridgehead atoms. The normalized spacial score (nSPS) is 15.1. The molecule has 1 aliphatic rings. The minimum Gasteiger partial charge on any atom is -0.356 e. The van der Waals surface area contributed by atoms with Crippen molar-refractivity contribution in [3.8, 4) is 0 Å². The Labute approximate surface area is 148 Å². The average Bonchev–Trinajstić information content (AvgIpc) is 2.54. The van der Waals surface area contributed by atoms with Crippen LogP contribution in [0.4, 0.5) is 23.1 Å². The fourth-order valence-corrected chi connectivity index (χ4v) is 3.01. The summed E-state index contributed by atoms with van der Waals surface area (Å²) < 4.78 is 0. The zero-order valence-electron chi connectivity index (χ0n) is 15.0. The topological polar surface area (TPSA) is 70.2 Å². The first-order valence-electron chi connectivity index (χ1n) is 8.75. The molecule has 1 aliphatic heterocycles. The number of hydrogen-bond acceptors (Lipinski definition) is 5. The van der Waals surface area contributed by atoms with Crippen LogP contribution in [0.15, 0.2) is 30.3 Å². The number of rotatable bonds is 4. The molecule has 0 aliphatic carbocycles. The number of carbonyl (C=O) groups is 1. The second-order valence-electron chi connectivity index (χ2n) is 6.75. The predicted molar refractivity (Wildman–Crippen MR) is 101 cm³/mol. The molecule has 1 saturated heterocycles. The summed E-state index contributed by atoms with van der Waals surface area (Å²) in [5.74, 6) is 2.24. The molecule has 1 aromatic carbocycles. The predicted octanol–water partition coefficient (Wildman–Crippen LogP) is 3.72. The summed E-state index contributed by atoms with van der Waals surface area (Å²) in [7, 11) is 0. The lowest BCUT2D eigenvalue weighted by molar-refractivity contribution is -0.114. The number of nitrogens with zero attached hydrogens (tertiary/aromatic N) is 3. The molecular weight excluding hydrogens is 314 g/mol. The second-order valence-corrected chi connectivity index (χ2v) is 6.75. The van der Waals surface area contributed by atoms with Gasteiger partial charge in [0, 0.05) is 43.1 Å². The number of carbonyl (C=O) groups excluding carboxylic acids is 1. The number of aromatic nitrogens is 2. The Hall–Kier alpha value is -2.63. The van der Waals surface area contributed by atoms with Crippen molar-refractivity contribution in [2.45, 2.75) is 33.6 Å². The van der Waals surface area contributed by atoms with Gasteiger partial charge in [0.1, 0.15) is 5.82 Å². The molecule has 0 unspecified atom stereocenters. The highest BCUT2D eigenvalue weighted by Gasteiger charge is 2.18. The summed E-state index contributed by atoms with van der Waals surface area (Å²) in [6.45, 7) is 7.86. The van der Waals surface area contributed by atoms with E-state index >= 15 is 0 Å². The number of nitrogens with one attached hydrogen (secondary N) is 2. The zero-order chi connectivity index (χ0) is 17.8. The molecular formula is C19H25N5O. The molecule has 6 heteroatoms. The Morgan fingerprint density at radius 1 is 1.16 bits per heavy atom. The molecule has 2 aromatic rings. The zero-order valence-corrected chi connectivity index (χ0v) is 15.0. The van der Waals surface area contributed by atoms with Crippen LogP contribution in [0.2, 0.25) is 0 Å². The maximum atomic E-state index is 11.2. The first-order valence-corrected chi connectivity index (χ1v) is 8.75. The Bertz CT molecular complexity index is 753. The highest BCUT2D eigenvalue weighted by Crippen LogP contribution is 2.24. The summed E-state index contributed by atoms with van der Waals surface area (Å²) in [6.07, 6.45) is 2.40. The van der Waals surface area contributed by atoms with Crippen LogP contribution in [-0.2, 0) is 4.79 Å². The minimum absolute atomic E-state index is 0.0921. The number of aryl methyl sites for hydroxylation is 1. The second kappa shape index (κ2) is 7.51. The van der Waals surface area contributed by atoms with Gasteiger partial charge in [-0.25, -0.2) is 4.98 Å². The lowest BCUT2D eigenvalue weighted by Gasteiger charge is -2.31. The molecule has 132 valence electrons.